The fraction of sp³-hybridized carbons (Fsp3) is 0.583. The summed E-state index contributed by atoms with van der Waals surface area (Å²) in [5.41, 5.74) is 0.943. The number of hydrogen-bond donors (Lipinski definition) is 1. The van der Waals surface area contributed by atoms with E-state index in [1.165, 1.54) is 4.88 Å². The standard InChI is InChI=1S/C12H19NO2S/c1-5-13(6-2)11(12(14)15)10-7-8(3)16-9(10)4/h7,11H,5-6H2,1-4H3,(H,14,15). The van der Waals surface area contributed by atoms with E-state index in [2.05, 4.69) is 0 Å². The van der Waals surface area contributed by atoms with E-state index in [0.29, 0.717) is 0 Å². The summed E-state index contributed by atoms with van der Waals surface area (Å²) in [4.78, 5) is 15.6. The number of hydrogen-bond acceptors (Lipinski definition) is 3. The largest absolute Gasteiger partial charge is 0.480 e. The summed E-state index contributed by atoms with van der Waals surface area (Å²) in [6.45, 7) is 9.50. The maximum absolute atomic E-state index is 11.4. The molecule has 0 aliphatic rings. The van der Waals surface area contributed by atoms with E-state index in [0.717, 1.165) is 23.5 Å². The minimum atomic E-state index is -0.760. The fourth-order valence-corrected chi connectivity index (χ4v) is 2.95. The number of carbonyl (C=O) groups is 1. The van der Waals surface area contributed by atoms with Crippen molar-refractivity contribution in [2.24, 2.45) is 0 Å². The van der Waals surface area contributed by atoms with E-state index >= 15 is 0 Å². The first-order valence-corrected chi connectivity index (χ1v) is 6.36. The molecule has 0 aliphatic carbocycles. The van der Waals surface area contributed by atoms with E-state index in [-0.39, 0.29) is 0 Å². The van der Waals surface area contributed by atoms with Crippen molar-refractivity contribution in [2.75, 3.05) is 13.1 Å². The molecule has 0 aliphatic heterocycles. The van der Waals surface area contributed by atoms with Crippen LogP contribution in [0.2, 0.25) is 0 Å². The number of likely N-dealkylation sites (N-methyl/N-ethyl adjacent to an activating group) is 1. The fourth-order valence-electron chi connectivity index (χ4n) is 2.00. The zero-order chi connectivity index (χ0) is 12.3. The molecule has 1 rings (SSSR count). The molecule has 1 N–H and O–H groups in total. The first-order chi connectivity index (χ1) is 7.51. The third kappa shape index (κ3) is 2.62. The summed E-state index contributed by atoms with van der Waals surface area (Å²) in [6.07, 6.45) is 0. The van der Waals surface area contributed by atoms with Crippen LogP contribution in [0.4, 0.5) is 0 Å². The molecule has 1 aromatic rings. The van der Waals surface area contributed by atoms with E-state index in [1.54, 1.807) is 11.3 Å². The van der Waals surface area contributed by atoms with Crippen LogP contribution in [0.25, 0.3) is 0 Å². The van der Waals surface area contributed by atoms with Crippen LogP contribution in [0.1, 0.15) is 35.2 Å². The Labute approximate surface area is 101 Å². The molecule has 1 aromatic heterocycles. The Balaban J connectivity index is 3.11. The third-order valence-electron chi connectivity index (χ3n) is 2.79. The molecule has 1 heterocycles. The van der Waals surface area contributed by atoms with Crippen molar-refractivity contribution in [1.29, 1.82) is 0 Å². The summed E-state index contributed by atoms with van der Waals surface area (Å²) in [5.74, 6) is -0.760. The van der Waals surface area contributed by atoms with Crippen LogP contribution < -0.4 is 0 Å². The zero-order valence-electron chi connectivity index (χ0n) is 10.3. The molecule has 0 saturated carbocycles. The van der Waals surface area contributed by atoms with Crippen molar-refractivity contribution in [2.45, 2.75) is 33.7 Å². The molecule has 0 aromatic carbocycles. The highest BCUT2D eigenvalue weighted by Gasteiger charge is 2.27. The van der Waals surface area contributed by atoms with Crippen molar-refractivity contribution in [3.05, 3.63) is 21.4 Å². The van der Waals surface area contributed by atoms with Crippen LogP contribution in [0.15, 0.2) is 6.07 Å². The number of aryl methyl sites for hydroxylation is 2. The highest BCUT2D eigenvalue weighted by Crippen LogP contribution is 2.30. The highest BCUT2D eigenvalue weighted by molar-refractivity contribution is 7.12. The molecule has 1 atom stereocenters. The first-order valence-electron chi connectivity index (χ1n) is 5.55. The number of thiophene rings is 1. The lowest BCUT2D eigenvalue weighted by molar-refractivity contribution is -0.143. The van der Waals surface area contributed by atoms with E-state index in [9.17, 15) is 9.90 Å². The Kier molecular flexibility index (Phi) is 4.50. The second-order valence-corrected chi connectivity index (χ2v) is 5.29. The molecule has 1 unspecified atom stereocenters. The minimum Gasteiger partial charge on any atom is -0.480 e. The van der Waals surface area contributed by atoms with Gasteiger partial charge in [-0.1, -0.05) is 13.8 Å². The summed E-state index contributed by atoms with van der Waals surface area (Å²) < 4.78 is 0. The molecule has 0 spiro atoms. The monoisotopic (exact) mass is 241 g/mol. The van der Waals surface area contributed by atoms with Gasteiger partial charge in [0.2, 0.25) is 0 Å². The average Bonchev–Trinajstić information content (AvgIpc) is 2.53. The minimum absolute atomic E-state index is 0.500. The van der Waals surface area contributed by atoms with Crippen LogP contribution in [0.3, 0.4) is 0 Å². The second kappa shape index (κ2) is 5.46. The average molecular weight is 241 g/mol. The Morgan fingerprint density at radius 1 is 1.44 bits per heavy atom. The quantitative estimate of drug-likeness (QED) is 0.861. The van der Waals surface area contributed by atoms with Crippen LogP contribution in [0.5, 0.6) is 0 Å². The molecule has 16 heavy (non-hydrogen) atoms. The number of rotatable bonds is 5. The van der Waals surface area contributed by atoms with E-state index in [4.69, 9.17) is 0 Å². The molecule has 3 nitrogen and oxygen atoms in total. The topological polar surface area (TPSA) is 40.5 Å². The Morgan fingerprint density at radius 2 is 2.00 bits per heavy atom. The molecule has 0 saturated heterocycles. The molecule has 0 radical (unpaired) electrons. The zero-order valence-corrected chi connectivity index (χ0v) is 11.1. The van der Waals surface area contributed by atoms with Gasteiger partial charge in [0.15, 0.2) is 0 Å². The van der Waals surface area contributed by atoms with Crippen molar-refractivity contribution >= 4 is 17.3 Å². The number of nitrogens with zero attached hydrogens (tertiary/aromatic N) is 1. The lowest BCUT2D eigenvalue weighted by Gasteiger charge is -2.26. The third-order valence-corrected chi connectivity index (χ3v) is 3.77. The van der Waals surface area contributed by atoms with Gasteiger partial charge in [-0.25, -0.2) is 0 Å². The normalized spacial score (nSPS) is 13.1. The molecule has 4 heteroatoms. The van der Waals surface area contributed by atoms with E-state index in [1.807, 2.05) is 38.7 Å². The van der Waals surface area contributed by atoms with Gasteiger partial charge in [0.1, 0.15) is 6.04 Å². The molecule has 0 bridgehead atoms. The highest BCUT2D eigenvalue weighted by atomic mass is 32.1. The summed E-state index contributed by atoms with van der Waals surface area (Å²) in [6, 6.07) is 1.50. The molecule has 0 fully saturated rings. The smallest absolute Gasteiger partial charge is 0.325 e. The SMILES string of the molecule is CCN(CC)C(C(=O)O)c1cc(C)sc1C. The lowest BCUT2D eigenvalue weighted by Crippen LogP contribution is -2.34. The van der Waals surface area contributed by atoms with Crippen molar-refractivity contribution in [1.82, 2.24) is 4.90 Å². The Morgan fingerprint density at radius 3 is 2.31 bits per heavy atom. The van der Waals surface area contributed by atoms with Crippen molar-refractivity contribution in [3.8, 4) is 0 Å². The second-order valence-electron chi connectivity index (χ2n) is 3.83. The summed E-state index contributed by atoms with van der Waals surface area (Å²) >= 11 is 1.66. The molecular weight excluding hydrogens is 222 g/mol. The predicted molar refractivity (Wildman–Crippen MR) is 67.1 cm³/mol. The van der Waals surface area contributed by atoms with Gasteiger partial charge >= 0.3 is 5.97 Å². The van der Waals surface area contributed by atoms with Crippen LogP contribution in [-0.4, -0.2) is 29.1 Å². The maximum atomic E-state index is 11.4. The number of carboxylic acid groups (broad SMARTS) is 1. The Hall–Kier alpha value is -0.870. The van der Waals surface area contributed by atoms with Crippen molar-refractivity contribution in [3.63, 3.8) is 0 Å². The Bertz CT molecular complexity index is 369. The van der Waals surface area contributed by atoms with Gasteiger partial charge in [-0.3, -0.25) is 9.69 Å². The summed E-state index contributed by atoms with van der Waals surface area (Å²) in [5, 5.41) is 9.36. The van der Waals surface area contributed by atoms with Crippen LogP contribution in [0, 0.1) is 13.8 Å². The molecular formula is C12H19NO2S. The first kappa shape index (κ1) is 13.2. The molecule has 90 valence electrons. The van der Waals surface area contributed by atoms with Gasteiger partial charge in [-0.05, 0) is 38.6 Å². The van der Waals surface area contributed by atoms with Gasteiger partial charge in [-0.15, -0.1) is 11.3 Å². The van der Waals surface area contributed by atoms with Crippen LogP contribution >= 0.6 is 11.3 Å². The lowest BCUT2D eigenvalue weighted by atomic mass is 10.1. The predicted octanol–water partition coefficient (Wildman–Crippen LogP) is 2.83. The molecule has 0 amide bonds. The van der Waals surface area contributed by atoms with Gasteiger partial charge in [0.05, 0.1) is 0 Å². The number of carboxylic acids is 1. The van der Waals surface area contributed by atoms with Crippen molar-refractivity contribution < 1.29 is 9.90 Å². The summed E-state index contributed by atoms with van der Waals surface area (Å²) in [7, 11) is 0. The van der Waals surface area contributed by atoms with Crippen LogP contribution in [-0.2, 0) is 4.79 Å². The van der Waals surface area contributed by atoms with Gasteiger partial charge < -0.3 is 5.11 Å². The van der Waals surface area contributed by atoms with Gasteiger partial charge in [-0.2, -0.15) is 0 Å². The van der Waals surface area contributed by atoms with Gasteiger partial charge in [0.25, 0.3) is 0 Å². The maximum Gasteiger partial charge on any atom is 0.325 e. The van der Waals surface area contributed by atoms with Gasteiger partial charge in [0, 0.05) is 9.75 Å². The number of aliphatic carboxylic acids is 1. The van der Waals surface area contributed by atoms with E-state index < -0.39 is 12.0 Å².